The van der Waals surface area contributed by atoms with Gasteiger partial charge in [-0.1, -0.05) is 25.1 Å². The van der Waals surface area contributed by atoms with Gasteiger partial charge in [0.05, 0.1) is 29.5 Å². The number of nitrogens with zero attached hydrogens (tertiary/aromatic N) is 3. The van der Waals surface area contributed by atoms with E-state index in [4.69, 9.17) is 4.98 Å². The molecule has 3 aromatic rings. The number of rotatable bonds is 7. The van der Waals surface area contributed by atoms with Crippen molar-refractivity contribution >= 4 is 22.4 Å². The van der Waals surface area contributed by atoms with Crippen LogP contribution in [0.4, 0.5) is 0 Å². The lowest BCUT2D eigenvalue weighted by Crippen LogP contribution is -2.36. The predicted octanol–water partition coefficient (Wildman–Crippen LogP) is 3.46. The lowest BCUT2D eigenvalue weighted by Gasteiger charge is -2.29. The molecule has 4 nitrogen and oxygen atoms in total. The zero-order chi connectivity index (χ0) is 16.1. The van der Waals surface area contributed by atoms with E-state index >= 15 is 0 Å². The van der Waals surface area contributed by atoms with Crippen LogP contribution < -0.4 is 0 Å². The molecule has 0 aliphatic heterocycles. The van der Waals surface area contributed by atoms with Gasteiger partial charge in [0.2, 0.25) is 0 Å². The van der Waals surface area contributed by atoms with E-state index in [2.05, 4.69) is 34.3 Å². The Morgan fingerprint density at radius 1 is 1.13 bits per heavy atom. The molecule has 120 valence electrons. The highest BCUT2D eigenvalue weighted by molar-refractivity contribution is 7.09. The van der Waals surface area contributed by atoms with Crippen molar-refractivity contribution < 1.29 is 5.11 Å². The summed E-state index contributed by atoms with van der Waals surface area (Å²) in [7, 11) is 0. The molecular weight excluding hydrogens is 306 g/mol. The average molecular weight is 327 g/mol. The number of fused-ring (bicyclic) bond motifs is 1. The molecule has 0 saturated carbocycles. The number of hydrogen-bond donors (Lipinski definition) is 1. The van der Waals surface area contributed by atoms with Crippen molar-refractivity contribution in [2.75, 3.05) is 6.61 Å². The van der Waals surface area contributed by atoms with Crippen LogP contribution in [0.5, 0.6) is 0 Å². The fraction of sp³-hybridized carbons (Fsp3) is 0.333. The molecular formula is C18H21N3OS. The van der Waals surface area contributed by atoms with Crippen molar-refractivity contribution in [1.29, 1.82) is 0 Å². The first-order valence-corrected chi connectivity index (χ1v) is 8.76. The van der Waals surface area contributed by atoms with Crippen LogP contribution in [0.3, 0.4) is 0 Å². The standard InChI is InChI=1S/C18H21N3OS/c1-2-15(13-22)21(12-16-6-5-9-23-16)11-14-10-19-17-7-3-4-8-18(17)20-14/h3-10,15,22H,2,11-13H2,1H3/t15-/m1/s1. The molecule has 0 bridgehead atoms. The summed E-state index contributed by atoms with van der Waals surface area (Å²) in [5, 5.41) is 11.8. The maximum absolute atomic E-state index is 9.70. The first-order valence-electron chi connectivity index (χ1n) is 7.88. The van der Waals surface area contributed by atoms with Crippen LogP contribution in [0, 0.1) is 0 Å². The summed E-state index contributed by atoms with van der Waals surface area (Å²) >= 11 is 1.74. The Bertz CT molecular complexity index is 741. The van der Waals surface area contributed by atoms with Crippen molar-refractivity contribution in [2.45, 2.75) is 32.5 Å². The second-order valence-electron chi connectivity index (χ2n) is 5.58. The third-order valence-electron chi connectivity index (χ3n) is 4.00. The van der Waals surface area contributed by atoms with E-state index < -0.39 is 0 Å². The van der Waals surface area contributed by atoms with Gasteiger partial charge in [-0.2, -0.15) is 0 Å². The minimum Gasteiger partial charge on any atom is -0.395 e. The maximum atomic E-state index is 9.70. The molecule has 0 fully saturated rings. The third kappa shape index (κ3) is 3.93. The Hall–Kier alpha value is -1.82. The first-order chi connectivity index (χ1) is 11.3. The maximum Gasteiger partial charge on any atom is 0.0890 e. The summed E-state index contributed by atoms with van der Waals surface area (Å²) in [5.74, 6) is 0. The highest BCUT2D eigenvalue weighted by atomic mass is 32.1. The van der Waals surface area contributed by atoms with Crippen molar-refractivity contribution in [3.05, 3.63) is 58.5 Å². The summed E-state index contributed by atoms with van der Waals surface area (Å²) in [4.78, 5) is 12.8. The van der Waals surface area contributed by atoms with Crippen LogP contribution in [0.15, 0.2) is 48.0 Å². The Balaban J connectivity index is 1.83. The second kappa shape index (κ2) is 7.64. The molecule has 0 saturated heterocycles. The summed E-state index contributed by atoms with van der Waals surface area (Å²) < 4.78 is 0. The van der Waals surface area contributed by atoms with E-state index in [0.29, 0.717) is 6.54 Å². The Labute approximate surface area is 140 Å². The summed E-state index contributed by atoms with van der Waals surface area (Å²) in [6.07, 6.45) is 2.75. The van der Waals surface area contributed by atoms with E-state index in [-0.39, 0.29) is 12.6 Å². The number of aliphatic hydroxyl groups is 1. The van der Waals surface area contributed by atoms with Gasteiger partial charge >= 0.3 is 0 Å². The zero-order valence-electron chi connectivity index (χ0n) is 13.2. The quantitative estimate of drug-likeness (QED) is 0.722. The molecule has 3 rings (SSSR count). The first kappa shape index (κ1) is 16.1. The number of aromatic nitrogens is 2. The van der Waals surface area contributed by atoms with Gasteiger partial charge in [-0.15, -0.1) is 11.3 Å². The highest BCUT2D eigenvalue weighted by Crippen LogP contribution is 2.18. The molecule has 1 aromatic carbocycles. The third-order valence-corrected chi connectivity index (χ3v) is 4.86. The monoisotopic (exact) mass is 327 g/mol. The number of aliphatic hydroxyl groups excluding tert-OH is 1. The van der Waals surface area contributed by atoms with Crippen LogP contribution >= 0.6 is 11.3 Å². The average Bonchev–Trinajstić information content (AvgIpc) is 3.09. The fourth-order valence-corrected chi connectivity index (χ4v) is 3.43. The van der Waals surface area contributed by atoms with Crippen LogP contribution in [-0.2, 0) is 13.1 Å². The van der Waals surface area contributed by atoms with E-state index in [1.54, 1.807) is 11.3 Å². The smallest absolute Gasteiger partial charge is 0.0890 e. The number of benzene rings is 1. The molecule has 5 heteroatoms. The number of hydrogen-bond acceptors (Lipinski definition) is 5. The molecule has 23 heavy (non-hydrogen) atoms. The highest BCUT2D eigenvalue weighted by Gasteiger charge is 2.18. The minimum absolute atomic E-state index is 0.130. The predicted molar refractivity (Wildman–Crippen MR) is 94.3 cm³/mol. The van der Waals surface area contributed by atoms with Crippen LogP contribution in [-0.4, -0.2) is 32.6 Å². The van der Waals surface area contributed by atoms with Crippen molar-refractivity contribution in [1.82, 2.24) is 14.9 Å². The summed E-state index contributed by atoms with van der Waals surface area (Å²) in [6, 6.07) is 12.2. The second-order valence-corrected chi connectivity index (χ2v) is 6.61. The minimum atomic E-state index is 0.130. The Kier molecular flexibility index (Phi) is 5.33. The molecule has 2 aromatic heterocycles. The van der Waals surface area contributed by atoms with Gasteiger partial charge in [0.25, 0.3) is 0 Å². The van der Waals surface area contributed by atoms with E-state index in [0.717, 1.165) is 29.7 Å². The topological polar surface area (TPSA) is 49.2 Å². The Morgan fingerprint density at radius 3 is 2.65 bits per heavy atom. The molecule has 0 unspecified atom stereocenters. The number of para-hydroxylation sites is 2. The van der Waals surface area contributed by atoms with Crippen molar-refractivity contribution in [2.24, 2.45) is 0 Å². The molecule has 0 aliphatic carbocycles. The molecule has 1 atom stereocenters. The van der Waals surface area contributed by atoms with Gasteiger partial charge in [-0.25, -0.2) is 4.98 Å². The van der Waals surface area contributed by atoms with E-state index in [1.165, 1.54) is 4.88 Å². The van der Waals surface area contributed by atoms with E-state index in [9.17, 15) is 5.11 Å². The van der Waals surface area contributed by atoms with Crippen molar-refractivity contribution in [3.8, 4) is 0 Å². The van der Waals surface area contributed by atoms with Crippen molar-refractivity contribution in [3.63, 3.8) is 0 Å². The largest absolute Gasteiger partial charge is 0.395 e. The molecule has 2 heterocycles. The SMILES string of the molecule is CC[C@H](CO)N(Cc1cnc2ccccc2n1)Cc1cccs1. The molecule has 0 amide bonds. The van der Waals surface area contributed by atoms with Crippen LogP contribution in [0.25, 0.3) is 11.0 Å². The summed E-state index contributed by atoms with van der Waals surface area (Å²) in [6.45, 7) is 3.78. The molecule has 1 N–H and O–H groups in total. The lowest BCUT2D eigenvalue weighted by molar-refractivity contribution is 0.106. The van der Waals surface area contributed by atoms with Crippen LogP contribution in [0.2, 0.25) is 0 Å². The molecule has 0 aliphatic rings. The van der Waals surface area contributed by atoms with Gasteiger partial charge in [-0.05, 0) is 30.0 Å². The van der Waals surface area contributed by atoms with Gasteiger partial charge in [0, 0.05) is 24.0 Å². The summed E-state index contributed by atoms with van der Waals surface area (Å²) in [5.41, 5.74) is 2.76. The van der Waals surface area contributed by atoms with Crippen LogP contribution in [0.1, 0.15) is 23.9 Å². The molecule has 0 radical (unpaired) electrons. The zero-order valence-corrected chi connectivity index (χ0v) is 14.0. The van der Waals surface area contributed by atoms with Gasteiger partial charge in [0.1, 0.15) is 0 Å². The fourth-order valence-electron chi connectivity index (χ4n) is 2.70. The normalized spacial score (nSPS) is 12.8. The van der Waals surface area contributed by atoms with Gasteiger partial charge < -0.3 is 5.11 Å². The van der Waals surface area contributed by atoms with E-state index in [1.807, 2.05) is 30.5 Å². The van der Waals surface area contributed by atoms with Gasteiger partial charge in [0.15, 0.2) is 0 Å². The lowest BCUT2D eigenvalue weighted by atomic mass is 10.2. The van der Waals surface area contributed by atoms with Gasteiger partial charge in [-0.3, -0.25) is 9.88 Å². The Morgan fingerprint density at radius 2 is 1.96 bits per heavy atom. The molecule has 0 spiro atoms. The number of thiophene rings is 1.